The van der Waals surface area contributed by atoms with E-state index in [0.717, 1.165) is 16.5 Å². The fourth-order valence-corrected chi connectivity index (χ4v) is 2.11. The minimum absolute atomic E-state index is 0.263. The van der Waals surface area contributed by atoms with Gasteiger partial charge < -0.3 is 11.1 Å². The topological polar surface area (TPSA) is 72.2 Å². The van der Waals surface area contributed by atoms with E-state index in [9.17, 15) is 9.59 Å². The molecule has 0 atom stereocenters. The number of hydrogen-bond donors (Lipinski definition) is 2. The SMILES string of the molecule is NC(=O)c1ccc2cccc3c2c1C(=O)N3. The molecule has 2 aromatic rings. The quantitative estimate of drug-likeness (QED) is 0.751. The first kappa shape index (κ1) is 8.91. The van der Waals surface area contributed by atoms with Crippen molar-refractivity contribution in [2.24, 2.45) is 5.73 Å². The predicted octanol–water partition coefficient (Wildman–Crippen LogP) is 1.50. The van der Waals surface area contributed by atoms with Crippen molar-refractivity contribution in [1.29, 1.82) is 0 Å². The van der Waals surface area contributed by atoms with Crippen LogP contribution in [0.25, 0.3) is 10.8 Å². The van der Waals surface area contributed by atoms with Crippen LogP contribution in [0.2, 0.25) is 0 Å². The lowest BCUT2D eigenvalue weighted by atomic mass is 9.99. The lowest BCUT2D eigenvalue weighted by Gasteiger charge is -2.02. The molecule has 0 aromatic heterocycles. The van der Waals surface area contributed by atoms with Crippen molar-refractivity contribution in [3.05, 3.63) is 41.5 Å². The van der Waals surface area contributed by atoms with Crippen LogP contribution in [0.15, 0.2) is 30.3 Å². The van der Waals surface area contributed by atoms with E-state index in [0.29, 0.717) is 5.56 Å². The summed E-state index contributed by atoms with van der Waals surface area (Å²) in [6, 6.07) is 8.95. The number of rotatable bonds is 1. The Balaban J connectivity index is 2.51. The Hall–Kier alpha value is -2.36. The maximum atomic E-state index is 11.8. The van der Waals surface area contributed by atoms with Crippen molar-refractivity contribution in [3.63, 3.8) is 0 Å². The Bertz CT molecular complexity index is 647. The number of primary amides is 1. The minimum Gasteiger partial charge on any atom is -0.366 e. The highest BCUT2D eigenvalue weighted by atomic mass is 16.2. The maximum Gasteiger partial charge on any atom is 0.257 e. The zero-order chi connectivity index (χ0) is 11.3. The normalized spacial score (nSPS) is 12.9. The van der Waals surface area contributed by atoms with Gasteiger partial charge in [0, 0.05) is 11.1 Å². The number of nitrogens with two attached hydrogens (primary N) is 1. The van der Waals surface area contributed by atoms with Gasteiger partial charge in [-0.1, -0.05) is 18.2 Å². The van der Waals surface area contributed by atoms with Crippen LogP contribution in [-0.4, -0.2) is 11.8 Å². The third-order valence-corrected chi connectivity index (χ3v) is 2.79. The van der Waals surface area contributed by atoms with E-state index in [4.69, 9.17) is 5.73 Å². The van der Waals surface area contributed by atoms with Gasteiger partial charge in [-0.2, -0.15) is 0 Å². The Labute approximate surface area is 91.0 Å². The molecule has 1 aliphatic heterocycles. The maximum absolute atomic E-state index is 11.8. The van der Waals surface area contributed by atoms with E-state index in [-0.39, 0.29) is 11.5 Å². The van der Waals surface area contributed by atoms with Crippen molar-refractivity contribution < 1.29 is 9.59 Å². The van der Waals surface area contributed by atoms with Gasteiger partial charge in [-0.3, -0.25) is 9.59 Å². The van der Waals surface area contributed by atoms with Crippen molar-refractivity contribution in [2.75, 3.05) is 5.32 Å². The van der Waals surface area contributed by atoms with Crippen LogP contribution in [0.3, 0.4) is 0 Å². The monoisotopic (exact) mass is 212 g/mol. The van der Waals surface area contributed by atoms with Gasteiger partial charge in [0.05, 0.1) is 11.1 Å². The van der Waals surface area contributed by atoms with Gasteiger partial charge in [0.25, 0.3) is 5.91 Å². The first-order chi connectivity index (χ1) is 7.68. The lowest BCUT2D eigenvalue weighted by molar-refractivity contribution is 0.0979. The fraction of sp³-hybridized carbons (Fsp3) is 0. The third-order valence-electron chi connectivity index (χ3n) is 2.79. The number of hydrogen-bond acceptors (Lipinski definition) is 2. The summed E-state index contributed by atoms with van der Waals surface area (Å²) in [5, 5.41) is 4.43. The molecule has 0 saturated heterocycles. The smallest absolute Gasteiger partial charge is 0.257 e. The molecule has 3 N–H and O–H groups in total. The molecule has 4 heteroatoms. The number of anilines is 1. The average molecular weight is 212 g/mol. The number of amides is 2. The summed E-state index contributed by atoms with van der Waals surface area (Å²) in [5.74, 6) is -0.843. The molecule has 0 spiro atoms. The fourth-order valence-electron chi connectivity index (χ4n) is 2.11. The number of benzene rings is 2. The number of carbonyl (C=O) groups is 2. The molecule has 16 heavy (non-hydrogen) atoms. The second kappa shape index (κ2) is 2.82. The molecule has 1 heterocycles. The molecule has 0 unspecified atom stereocenters. The summed E-state index contributed by atoms with van der Waals surface area (Å²) in [4.78, 5) is 23.0. The van der Waals surface area contributed by atoms with E-state index < -0.39 is 5.91 Å². The molecular formula is C12H8N2O2. The van der Waals surface area contributed by atoms with Gasteiger partial charge in [-0.15, -0.1) is 0 Å². The minimum atomic E-state index is -0.580. The first-order valence-electron chi connectivity index (χ1n) is 4.85. The van der Waals surface area contributed by atoms with E-state index in [1.807, 2.05) is 18.2 Å². The Kier molecular flexibility index (Phi) is 1.57. The van der Waals surface area contributed by atoms with Crippen molar-refractivity contribution in [2.45, 2.75) is 0 Å². The molecule has 2 amide bonds. The van der Waals surface area contributed by atoms with Crippen molar-refractivity contribution >= 4 is 28.3 Å². The molecule has 1 aliphatic rings. The highest BCUT2D eigenvalue weighted by molar-refractivity contribution is 6.27. The summed E-state index contributed by atoms with van der Waals surface area (Å²) in [5.41, 5.74) is 6.65. The van der Waals surface area contributed by atoms with Gasteiger partial charge in [-0.05, 0) is 17.5 Å². The van der Waals surface area contributed by atoms with E-state index in [1.165, 1.54) is 0 Å². The predicted molar refractivity (Wildman–Crippen MR) is 60.4 cm³/mol. The summed E-state index contributed by atoms with van der Waals surface area (Å²) < 4.78 is 0. The molecule has 2 aromatic carbocycles. The molecular weight excluding hydrogens is 204 g/mol. The van der Waals surface area contributed by atoms with E-state index in [2.05, 4.69) is 5.32 Å². The summed E-state index contributed by atoms with van der Waals surface area (Å²) in [6.45, 7) is 0. The van der Waals surface area contributed by atoms with Gasteiger partial charge in [0.15, 0.2) is 0 Å². The molecule has 0 radical (unpaired) electrons. The molecule has 0 saturated carbocycles. The molecule has 0 aliphatic carbocycles. The molecule has 0 fully saturated rings. The Morgan fingerprint density at radius 3 is 2.75 bits per heavy atom. The highest BCUT2D eigenvalue weighted by Crippen LogP contribution is 2.34. The van der Waals surface area contributed by atoms with E-state index >= 15 is 0 Å². The zero-order valence-corrected chi connectivity index (χ0v) is 8.28. The van der Waals surface area contributed by atoms with Crippen molar-refractivity contribution in [3.8, 4) is 0 Å². The molecule has 3 rings (SSSR count). The van der Waals surface area contributed by atoms with Gasteiger partial charge in [-0.25, -0.2) is 0 Å². The first-order valence-corrected chi connectivity index (χ1v) is 4.85. The molecule has 0 bridgehead atoms. The average Bonchev–Trinajstić information content (AvgIpc) is 2.59. The largest absolute Gasteiger partial charge is 0.366 e. The zero-order valence-electron chi connectivity index (χ0n) is 8.28. The van der Waals surface area contributed by atoms with Crippen LogP contribution in [-0.2, 0) is 0 Å². The standard InChI is InChI=1S/C12H8N2O2/c13-11(15)7-5-4-6-2-1-3-8-9(6)10(7)12(16)14-8/h1-5H,(H2,13,15)(H,14,16). The lowest BCUT2D eigenvalue weighted by Crippen LogP contribution is -2.16. The summed E-state index contributed by atoms with van der Waals surface area (Å²) in [6.07, 6.45) is 0. The second-order valence-corrected chi connectivity index (χ2v) is 3.71. The Morgan fingerprint density at radius 2 is 2.00 bits per heavy atom. The highest BCUT2D eigenvalue weighted by Gasteiger charge is 2.26. The van der Waals surface area contributed by atoms with Gasteiger partial charge in [0.1, 0.15) is 0 Å². The van der Waals surface area contributed by atoms with Crippen LogP contribution >= 0.6 is 0 Å². The van der Waals surface area contributed by atoms with Crippen LogP contribution in [0.4, 0.5) is 5.69 Å². The summed E-state index contributed by atoms with van der Waals surface area (Å²) >= 11 is 0. The van der Waals surface area contributed by atoms with Crippen LogP contribution in [0, 0.1) is 0 Å². The summed E-state index contributed by atoms with van der Waals surface area (Å²) in [7, 11) is 0. The van der Waals surface area contributed by atoms with Crippen molar-refractivity contribution in [1.82, 2.24) is 0 Å². The Morgan fingerprint density at radius 1 is 1.19 bits per heavy atom. The van der Waals surface area contributed by atoms with Gasteiger partial charge in [0.2, 0.25) is 5.91 Å². The third kappa shape index (κ3) is 0.982. The number of carbonyl (C=O) groups excluding carboxylic acids is 2. The molecule has 4 nitrogen and oxygen atoms in total. The van der Waals surface area contributed by atoms with Gasteiger partial charge >= 0.3 is 0 Å². The number of nitrogens with one attached hydrogen (secondary N) is 1. The molecule has 78 valence electrons. The second-order valence-electron chi connectivity index (χ2n) is 3.71. The van der Waals surface area contributed by atoms with Crippen LogP contribution < -0.4 is 11.1 Å². The van der Waals surface area contributed by atoms with Crippen LogP contribution in [0.5, 0.6) is 0 Å². The van der Waals surface area contributed by atoms with Crippen LogP contribution in [0.1, 0.15) is 20.7 Å². The van der Waals surface area contributed by atoms with E-state index in [1.54, 1.807) is 12.1 Å².